The van der Waals surface area contributed by atoms with Gasteiger partial charge in [-0.25, -0.2) is 0 Å². The summed E-state index contributed by atoms with van der Waals surface area (Å²) in [7, 11) is 0. The first-order chi connectivity index (χ1) is 8.99. The molecule has 1 N–H and O–H groups in total. The smallest absolute Gasteiger partial charge is 0.0368 e. The lowest BCUT2D eigenvalue weighted by molar-refractivity contribution is 0.424. The van der Waals surface area contributed by atoms with E-state index in [1.54, 1.807) is 0 Å². The largest absolute Gasteiger partial charge is 0.369 e. The Kier molecular flexibility index (Phi) is 4.51. The fraction of sp³-hybridized carbons (Fsp3) is 0.647. The van der Waals surface area contributed by atoms with Gasteiger partial charge in [-0.3, -0.25) is 0 Å². The molecule has 0 saturated carbocycles. The molecule has 0 bridgehead atoms. The standard InChI is InChI=1S/C17H28N2/c1-5-15-7-6-12-19(15)16-10-8-14(9-11-16)13-18-17(2,3)4/h8-11,15,18H,5-7,12-13H2,1-4H3. The molecule has 2 rings (SSSR count). The average molecular weight is 260 g/mol. The van der Waals surface area contributed by atoms with Crippen LogP contribution in [0.3, 0.4) is 0 Å². The molecule has 1 aliphatic rings. The number of hydrogen-bond acceptors (Lipinski definition) is 2. The van der Waals surface area contributed by atoms with Gasteiger partial charge in [-0.05, 0) is 57.7 Å². The summed E-state index contributed by atoms with van der Waals surface area (Å²) < 4.78 is 0. The summed E-state index contributed by atoms with van der Waals surface area (Å²) in [5.74, 6) is 0. The molecule has 1 aliphatic heterocycles. The minimum absolute atomic E-state index is 0.181. The van der Waals surface area contributed by atoms with Crippen LogP contribution in [-0.4, -0.2) is 18.1 Å². The van der Waals surface area contributed by atoms with Crippen molar-refractivity contribution in [1.29, 1.82) is 0 Å². The number of anilines is 1. The summed E-state index contributed by atoms with van der Waals surface area (Å²) in [5.41, 5.74) is 2.94. The van der Waals surface area contributed by atoms with Gasteiger partial charge < -0.3 is 10.2 Å². The van der Waals surface area contributed by atoms with Gasteiger partial charge in [0.1, 0.15) is 0 Å². The Bertz CT molecular complexity index is 389. The lowest BCUT2D eigenvalue weighted by atomic mass is 10.1. The lowest BCUT2D eigenvalue weighted by Gasteiger charge is -2.26. The van der Waals surface area contributed by atoms with Crippen molar-refractivity contribution in [3.63, 3.8) is 0 Å². The first-order valence-corrected chi connectivity index (χ1v) is 7.60. The van der Waals surface area contributed by atoms with Gasteiger partial charge >= 0.3 is 0 Å². The third kappa shape index (κ3) is 3.97. The van der Waals surface area contributed by atoms with Crippen molar-refractivity contribution in [2.24, 2.45) is 0 Å². The second kappa shape index (κ2) is 5.96. The van der Waals surface area contributed by atoms with E-state index in [9.17, 15) is 0 Å². The number of hydrogen-bond donors (Lipinski definition) is 1. The molecule has 1 saturated heterocycles. The maximum atomic E-state index is 3.53. The Labute approximate surface area is 118 Å². The Morgan fingerprint density at radius 1 is 1.21 bits per heavy atom. The minimum Gasteiger partial charge on any atom is -0.369 e. The molecule has 106 valence electrons. The SMILES string of the molecule is CCC1CCCN1c1ccc(CNC(C)(C)C)cc1. The van der Waals surface area contributed by atoms with Crippen molar-refractivity contribution in [1.82, 2.24) is 5.32 Å². The predicted molar refractivity (Wildman–Crippen MR) is 83.7 cm³/mol. The van der Waals surface area contributed by atoms with Crippen LogP contribution in [0.4, 0.5) is 5.69 Å². The van der Waals surface area contributed by atoms with Gasteiger partial charge in [-0.2, -0.15) is 0 Å². The van der Waals surface area contributed by atoms with Crippen molar-refractivity contribution < 1.29 is 0 Å². The van der Waals surface area contributed by atoms with Crippen molar-refractivity contribution in [2.75, 3.05) is 11.4 Å². The molecule has 0 spiro atoms. The molecule has 1 unspecified atom stereocenters. The third-order valence-electron chi connectivity index (χ3n) is 3.94. The van der Waals surface area contributed by atoms with Crippen LogP contribution in [0.5, 0.6) is 0 Å². The second-order valence-corrected chi connectivity index (χ2v) is 6.67. The first kappa shape index (κ1) is 14.4. The van der Waals surface area contributed by atoms with Gasteiger partial charge in [0.05, 0.1) is 0 Å². The van der Waals surface area contributed by atoms with E-state index >= 15 is 0 Å². The van der Waals surface area contributed by atoms with E-state index in [0.717, 1.165) is 12.6 Å². The summed E-state index contributed by atoms with van der Waals surface area (Å²) in [6.45, 7) is 11.1. The summed E-state index contributed by atoms with van der Waals surface area (Å²) in [6, 6.07) is 9.85. The molecular weight excluding hydrogens is 232 g/mol. The van der Waals surface area contributed by atoms with Crippen molar-refractivity contribution in [2.45, 2.75) is 65.1 Å². The van der Waals surface area contributed by atoms with E-state index in [0.29, 0.717) is 0 Å². The molecule has 0 aromatic heterocycles. The lowest BCUT2D eigenvalue weighted by Crippen LogP contribution is -2.35. The minimum atomic E-state index is 0.181. The zero-order chi connectivity index (χ0) is 13.9. The molecule has 0 aliphatic carbocycles. The van der Waals surface area contributed by atoms with Crippen LogP contribution in [0.25, 0.3) is 0 Å². The second-order valence-electron chi connectivity index (χ2n) is 6.67. The van der Waals surface area contributed by atoms with E-state index in [-0.39, 0.29) is 5.54 Å². The Balaban J connectivity index is 1.98. The van der Waals surface area contributed by atoms with E-state index in [1.807, 2.05) is 0 Å². The molecule has 2 heteroatoms. The fourth-order valence-corrected chi connectivity index (χ4v) is 2.77. The quantitative estimate of drug-likeness (QED) is 0.881. The van der Waals surface area contributed by atoms with Crippen LogP contribution in [0, 0.1) is 0 Å². The number of rotatable bonds is 4. The Morgan fingerprint density at radius 3 is 2.47 bits per heavy atom. The van der Waals surface area contributed by atoms with E-state index in [4.69, 9.17) is 0 Å². The van der Waals surface area contributed by atoms with Gasteiger partial charge in [0.15, 0.2) is 0 Å². The molecule has 1 fully saturated rings. The molecule has 0 amide bonds. The highest BCUT2D eigenvalue weighted by molar-refractivity contribution is 5.49. The molecule has 1 atom stereocenters. The molecule has 0 radical (unpaired) electrons. The topological polar surface area (TPSA) is 15.3 Å². The molecule has 19 heavy (non-hydrogen) atoms. The molecule has 2 nitrogen and oxygen atoms in total. The highest BCUT2D eigenvalue weighted by Gasteiger charge is 2.22. The summed E-state index contributed by atoms with van der Waals surface area (Å²) in [6.07, 6.45) is 3.95. The van der Waals surface area contributed by atoms with Crippen molar-refractivity contribution >= 4 is 5.69 Å². The zero-order valence-electron chi connectivity index (χ0n) is 12.9. The van der Waals surface area contributed by atoms with Crippen LogP contribution in [0.1, 0.15) is 52.5 Å². The number of nitrogens with zero attached hydrogens (tertiary/aromatic N) is 1. The third-order valence-corrected chi connectivity index (χ3v) is 3.94. The highest BCUT2D eigenvalue weighted by atomic mass is 15.2. The van der Waals surface area contributed by atoms with Crippen molar-refractivity contribution in [3.05, 3.63) is 29.8 Å². The maximum absolute atomic E-state index is 3.53. The van der Waals surface area contributed by atoms with Crippen LogP contribution in [0.2, 0.25) is 0 Å². The predicted octanol–water partition coefficient (Wildman–Crippen LogP) is 3.95. The van der Waals surface area contributed by atoms with Crippen LogP contribution in [-0.2, 0) is 6.54 Å². The Hall–Kier alpha value is -1.02. The summed E-state index contributed by atoms with van der Waals surface area (Å²) in [4.78, 5) is 2.57. The first-order valence-electron chi connectivity index (χ1n) is 7.60. The van der Waals surface area contributed by atoms with Gasteiger partial charge in [-0.1, -0.05) is 19.1 Å². The number of benzene rings is 1. The monoisotopic (exact) mass is 260 g/mol. The average Bonchev–Trinajstić information content (AvgIpc) is 2.84. The molecule has 1 aromatic carbocycles. The van der Waals surface area contributed by atoms with Gasteiger partial charge in [0, 0.05) is 30.4 Å². The zero-order valence-corrected chi connectivity index (χ0v) is 12.9. The normalized spacial score (nSPS) is 20.0. The van der Waals surface area contributed by atoms with Crippen LogP contribution in [0.15, 0.2) is 24.3 Å². The Morgan fingerprint density at radius 2 is 1.89 bits per heavy atom. The molecule has 1 aromatic rings. The van der Waals surface area contributed by atoms with Gasteiger partial charge in [0.2, 0.25) is 0 Å². The van der Waals surface area contributed by atoms with Crippen LogP contribution >= 0.6 is 0 Å². The fourth-order valence-electron chi connectivity index (χ4n) is 2.77. The highest BCUT2D eigenvalue weighted by Crippen LogP contribution is 2.27. The van der Waals surface area contributed by atoms with Crippen molar-refractivity contribution in [3.8, 4) is 0 Å². The van der Waals surface area contributed by atoms with E-state index in [2.05, 4.69) is 62.2 Å². The summed E-state index contributed by atoms with van der Waals surface area (Å²) in [5, 5.41) is 3.53. The number of nitrogens with one attached hydrogen (secondary N) is 1. The maximum Gasteiger partial charge on any atom is 0.0368 e. The van der Waals surface area contributed by atoms with Gasteiger partial charge in [0.25, 0.3) is 0 Å². The van der Waals surface area contributed by atoms with E-state index < -0.39 is 0 Å². The van der Waals surface area contributed by atoms with Gasteiger partial charge in [-0.15, -0.1) is 0 Å². The molecule has 1 heterocycles. The van der Waals surface area contributed by atoms with E-state index in [1.165, 1.54) is 37.1 Å². The molecular formula is C17H28N2. The van der Waals surface area contributed by atoms with Crippen LogP contribution < -0.4 is 10.2 Å². The summed E-state index contributed by atoms with van der Waals surface area (Å²) >= 11 is 0.